The van der Waals surface area contributed by atoms with Gasteiger partial charge in [-0.2, -0.15) is 22.0 Å². The molecule has 0 aliphatic carbocycles. The summed E-state index contributed by atoms with van der Waals surface area (Å²) in [7, 11) is 2.64. The third-order valence-corrected chi connectivity index (χ3v) is 2.85. The van der Waals surface area contributed by atoms with Crippen LogP contribution in [-0.2, 0) is 9.59 Å². The lowest BCUT2D eigenvalue weighted by atomic mass is 10.1. The maximum atomic E-state index is 13.1. The van der Waals surface area contributed by atoms with E-state index in [1.54, 1.807) is 0 Å². The molecule has 0 aromatic heterocycles. The fourth-order valence-corrected chi connectivity index (χ4v) is 1.77. The molecule has 1 unspecified atom stereocenters. The fourth-order valence-electron chi connectivity index (χ4n) is 1.77. The minimum atomic E-state index is -5.99. The molecular weight excluding hydrogens is 289 g/mol. The van der Waals surface area contributed by atoms with Crippen LogP contribution >= 0.6 is 0 Å². The minimum Gasteiger partial charge on any atom is -0.347 e. The van der Waals surface area contributed by atoms with Gasteiger partial charge in [0.2, 0.25) is 5.91 Å². The maximum Gasteiger partial charge on any atom is 0.463 e. The number of hydrogen-bond acceptors (Lipinski definition) is 3. The van der Waals surface area contributed by atoms with Crippen molar-refractivity contribution in [1.82, 2.24) is 15.1 Å². The maximum absolute atomic E-state index is 13.1. The van der Waals surface area contributed by atoms with E-state index in [1.807, 2.05) is 0 Å². The number of piperazine rings is 1. The lowest BCUT2D eigenvalue weighted by Crippen LogP contribution is -2.64. The summed E-state index contributed by atoms with van der Waals surface area (Å²) in [4.78, 5) is 24.5. The van der Waals surface area contributed by atoms with Gasteiger partial charge in [-0.15, -0.1) is 0 Å². The highest BCUT2D eigenvalue weighted by Crippen LogP contribution is 2.37. The van der Waals surface area contributed by atoms with Crippen molar-refractivity contribution in [2.75, 3.05) is 33.7 Å². The Bertz CT molecular complexity index is 397. The van der Waals surface area contributed by atoms with Gasteiger partial charge in [0.05, 0.1) is 0 Å². The number of alkyl halides is 5. The van der Waals surface area contributed by atoms with Gasteiger partial charge >= 0.3 is 18.0 Å². The van der Waals surface area contributed by atoms with Crippen LogP contribution in [0.15, 0.2) is 0 Å². The van der Waals surface area contributed by atoms with Crippen LogP contribution in [0.3, 0.4) is 0 Å². The second-order valence-corrected chi connectivity index (χ2v) is 4.52. The molecule has 1 fully saturated rings. The molecule has 0 aromatic carbocycles. The molecule has 1 atom stereocenters. The molecule has 0 bridgehead atoms. The Balaban J connectivity index is 3.02. The Morgan fingerprint density at radius 2 is 1.75 bits per heavy atom. The van der Waals surface area contributed by atoms with Crippen molar-refractivity contribution in [3.8, 4) is 0 Å². The third-order valence-electron chi connectivity index (χ3n) is 2.85. The first kappa shape index (κ1) is 16.6. The molecule has 1 rings (SSSR count). The van der Waals surface area contributed by atoms with Gasteiger partial charge in [-0.25, -0.2) is 0 Å². The predicted octanol–water partition coefficient (Wildman–Crippen LogP) is 0.0726. The number of halogens is 5. The standard InChI is InChI=1S/C10H14F5N3O2/c1-17(2)7(19)6-5-16-3-4-18(6)8(20)9(11,12)10(13,14)15/h6,16H,3-5H2,1-2H3. The van der Waals surface area contributed by atoms with Crippen molar-refractivity contribution in [1.29, 1.82) is 0 Å². The number of likely N-dealkylation sites (N-methyl/N-ethyl adjacent to an activating group) is 1. The van der Waals surface area contributed by atoms with Crippen LogP contribution in [0.4, 0.5) is 22.0 Å². The molecule has 10 heteroatoms. The van der Waals surface area contributed by atoms with Gasteiger partial charge in [0.1, 0.15) is 6.04 Å². The number of nitrogens with one attached hydrogen (secondary N) is 1. The monoisotopic (exact) mass is 303 g/mol. The number of amides is 2. The molecule has 1 N–H and O–H groups in total. The fraction of sp³-hybridized carbons (Fsp3) is 0.800. The highest BCUT2D eigenvalue weighted by molar-refractivity contribution is 5.91. The van der Waals surface area contributed by atoms with Crippen molar-refractivity contribution in [2.24, 2.45) is 0 Å². The molecule has 0 radical (unpaired) electrons. The van der Waals surface area contributed by atoms with Crippen LogP contribution in [0.25, 0.3) is 0 Å². The quantitative estimate of drug-likeness (QED) is 0.735. The predicted molar refractivity (Wildman–Crippen MR) is 58.1 cm³/mol. The largest absolute Gasteiger partial charge is 0.463 e. The average Bonchev–Trinajstić information content (AvgIpc) is 2.35. The average molecular weight is 303 g/mol. The third kappa shape index (κ3) is 3.00. The number of rotatable bonds is 2. The minimum absolute atomic E-state index is 0.0386. The summed E-state index contributed by atoms with van der Waals surface area (Å²) in [5.41, 5.74) is 0. The first-order valence-corrected chi connectivity index (χ1v) is 5.67. The summed E-state index contributed by atoms with van der Waals surface area (Å²) in [5, 5.41) is 2.68. The summed E-state index contributed by atoms with van der Waals surface area (Å²) in [5.74, 6) is -8.62. The van der Waals surface area contributed by atoms with E-state index < -0.39 is 36.5 Å². The van der Waals surface area contributed by atoms with E-state index >= 15 is 0 Å². The second kappa shape index (κ2) is 5.51. The lowest BCUT2D eigenvalue weighted by Gasteiger charge is -2.38. The molecule has 5 nitrogen and oxygen atoms in total. The van der Waals surface area contributed by atoms with E-state index in [2.05, 4.69) is 5.32 Å². The van der Waals surface area contributed by atoms with Crippen LogP contribution in [0.2, 0.25) is 0 Å². The van der Waals surface area contributed by atoms with E-state index in [-0.39, 0.29) is 18.0 Å². The first-order chi connectivity index (χ1) is 9.00. The highest BCUT2D eigenvalue weighted by Gasteiger charge is 2.65. The zero-order valence-corrected chi connectivity index (χ0v) is 10.8. The van der Waals surface area contributed by atoms with Gasteiger partial charge in [-0.05, 0) is 0 Å². The van der Waals surface area contributed by atoms with Crippen LogP contribution in [-0.4, -0.2) is 73.5 Å². The first-order valence-electron chi connectivity index (χ1n) is 5.67. The molecule has 0 spiro atoms. The Hall–Kier alpha value is -1.45. The van der Waals surface area contributed by atoms with Crippen LogP contribution in [0, 0.1) is 0 Å². The number of nitrogens with zero attached hydrogens (tertiary/aromatic N) is 2. The molecule has 1 saturated heterocycles. The molecule has 1 heterocycles. The smallest absolute Gasteiger partial charge is 0.347 e. The van der Waals surface area contributed by atoms with Crippen molar-refractivity contribution in [3.05, 3.63) is 0 Å². The molecule has 1 aliphatic rings. The van der Waals surface area contributed by atoms with E-state index in [9.17, 15) is 31.5 Å². The SMILES string of the molecule is CN(C)C(=O)C1CNCCN1C(=O)C(F)(F)C(F)(F)F. The Kier molecular flexibility index (Phi) is 4.57. The topological polar surface area (TPSA) is 52.7 Å². The molecule has 20 heavy (non-hydrogen) atoms. The van der Waals surface area contributed by atoms with E-state index in [0.29, 0.717) is 0 Å². The molecular formula is C10H14F5N3O2. The Morgan fingerprint density at radius 1 is 1.20 bits per heavy atom. The zero-order chi connectivity index (χ0) is 15.7. The van der Waals surface area contributed by atoms with Crippen LogP contribution < -0.4 is 5.32 Å². The Labute approximate surface area is 111 Å². The number of hydrogen-bond donors (Lipinski definition) is 1. The van der Waals surface area contributed by atoms with Crippen molar-refractivity contribution in [2.45, 2.75) is 18.1 Å². The van der Waals surface area contributed by atoms with Gasteiger partial charge in [0, 0.05) is 33.7 Å². The van der Waals surface area contributed by atoms with Gasteiger partial charge in [-0.1, -0.05) is 0 Å². The molecule has 2 amide bonds. The molecule has 0 saturated carbocycles. The highest BCUT2D eigenvalue weighted by atomic mass is 19.4. The van der Waals surface area contributed by atoms with Crippen molar-refractivity contribution < 1.29 is 31.5 Å². The number of carbonyl (C=O) groups excluding carboxylic acids is 2. The summed E-state index contributed by atoms with van der Waals surface area (Å²) in [6.45, 7) is -0.525. The molecule has 116 valence electrons. The normalized spacial score (nSPS) is 20.8. The molecule has 0 aromatic rings. The van der Waals surface area contributed by atoms with Crippen molar-refractivity contribution in [3.63, 3.8) is 0 Å². The number of carbonyl (C=O) groups is 2. The van der Waals surface area contributed by atoms with Crippen molar-refractivity contribution >= 4 is 11.8 Å². The van der Waals surface area contributed by atoms with Gasteiger partial charge in [0.15, 0.2) is 0 Å². The van der Waals surface area contributed by atoms with E-state index in [0.717, 1.165) is 4.90 Å². The van der Waals surface area contributed by atoms with Gasteiger partial charge < -0.3 is 15.1 Å². The Morgan fingerprint density at radius 3 is 2.20 bits per heavy atom. The van der Waals surface area contributed by atoms with Gasteiger partial charge in [0.25, 0.3) is 0 Å². The second-order valence-electron chi connectivity index (χ2n) is 4.52. The van der Waals surface area contributed by atoms with E-state index in [4.69, 9.17) is 0 Å². The van der Waals surface area contributed by atoms with Crippen LogP contribution in [0.1, 0.15) is 0 Å². The summed E-state index contributed by atoms with van der Waals surface area (Å²) in [6.07, 6.45) is -5.99. The van der Waals surface area contributed by atoms with Gasteiger partial charge in [-0.3, -0.25) is 9.59 Å². The summed E-state index contributed by atoms with van der Waals surface area (Å²) < 4.78 is 62.8. The summed E-state index contributed by atoms with van der Waals surface area (Å²) >= 11 is 0. The molecule has 1 aliphatic heterocycles. The lowest BCUT2D eigenvalue weighted by molar-refractivity contribution is -0.275. The van der Waals surface area contributed by atoms with Crippen LogP contribution in [0.5, 0.6) is 0 Å². The summed E-state index contributed by atoms with van der Waals surface area (Å²) in [6, 6.07) is -1.38. The zero-order valence-electron chi connectivity index (χ0n) is 10.8. The van der Waals surface area contributed by atoms with E-state index in [1.165, 1.54) is 14.1 Å².